The number of carbonyl (C=O) groups is 1. The Hall–Kier alpha value is -2.06. The summed E-state index contributed by atoms with van der Waals surface area (Å²) in [6, 6.07) is 1.94. The molecule has 0 aliphatic heterocycles. The average Bonchev–Trinajstić information content (AvgIpc) is 3.00. The van der Waals surface area contributed by atoms with Gasteiger partial charge in [-0.1, -0.05) is 5.16 Å². The number of hydrogen-bond acceptors (Lipinski definition) is 7. The van der Waals surface area contributed by atoms with E-state index in [1.54, 1.807) is 11.3 Å². The summed E-state index contributed by atoms with van der Waals surface area (Å²) in [6.07, 6.45) is 3.13. The van der Waals surface area contributed by atoms with Gasteiger partial charge >= 0.3 is 0 Å². The van der Waals surface area contributed by atoms with Crippen LogP contribution in [-0.4, -0.2) is 21.0 Å². The maximum atomic E-state index is 12.0. The van der Waals surface area contributed by atoms with Crippen LogP contribution in [0.15, 0.2) is 26.7 Å². The van der Waals surface area contributed by atoms with Crippen LogP contribution in [0.5, 0.6) is 0 Å². The molecular weight excluding hydrogens is 332 g/mol. The maximum absolute atomic E-state index is 12.0. The van der Waals surface area contributed by atoms with Crippen molar-refractivity contribution in [3.63, 3.8) is 0 Å². The number of thiophene rings is 1. The zero-order chi connectivity index (χ0) is 15.6. The highest BCUT2D eigenvalue weighted by atomic mass is 32.1. The molecule has 0 spiro atoms. The number of thiazole rings is 1. The number of carbonyl (C=O) groups excluding carboxylic acids is 1. The fraction of sp³-hybridized carbons (Fsp3) is 0.333. The molecule has 1 saturated carbocycles. The number of aryl methyl sites for hydroxylation is 1. The maximum Gasteiger partial charge on any atom is 0.227 e. The molecule has 0 radical (unpaired) electrons. The Kier molecular flexibility index (Phi) is 3.92. The molecule has 1 fully saturated rings. The topological polar surface area (TPSA) is 80.9 Å². The Bertz CT molecular complexity index is 805. The second kappa shape index (κ2) is 6.21. The largest absolute Gasteiger partial charge is 0.339 e. The molecule has 0 aromatic carbocycles. The number of rotatable bonds is 6. The van der Waals surface area contributed by atoms with Crippen molar-refractivity contribution in [2.75, 3.05) is 5.32 Å². The third-order valence-corrected chi connectivity index (χ3v) is 5.04. The van der Waals surface area contributed by atoms with Crippen molar-refractivity contribution < 1.29 is 9.32 Å². The molecule has 1 aliphatic rings. The van der Waals surface area contributed by atoms with Gasteiger partial charge in [-0.3, -0.25) is 4.79 Å². The second-order valence-electron chi connectivity index (χ2n) is 5.42. The molecule has 8 heteroatoms. The Morgan fingerprint density at radius 3 is 3.04 bits per heavy atom. The van der Waals surface area contributed by atoms with Crippen LogP contribution in [-0.2, 0) is 11.2 Å². The summed E-state index contributed by atoms with van der Waals surface area (Å²) >= 11 is 3.06. The average molecular weight is 346 g/mol. The van der Waals surface area contributed by atoms with Gasteiger partial charge in [-0.2, -0.15) is 16.3 Å². The molecule has 3 heterocycles. The van der Waals surface area contributed by atoms with Gasteiger partial charge in [0.2, 0.25) is 17.6 Å². The predicted molar refractivity (Wildman–Crippen MR) is 88.7 cm³/mol. The number of nitrogens with zero attached hydrogens (tertiary/aromatic N) is 3. The van der Waals surface area contributed by atoms with Crippen LogP contribution in [0, 0.1) is 0 Å². The third-order valence-electron chi connectivity index (χ3n) is 3.58. The van der Waals surface area contributed by atoms with Gasteiger partial charge in [-0.05, 0) is 24.3 Å². The van der Waals surface area contributed by atoms with Gasteiger partial charge in [0.05, 0.1) is 5.69 Å². The molecule has 1 amide bonds. The second-order valence-corrected chi connectivity index (χ2v) is 7.06. The standard InChI is InChI=1S/C15H14N4O2S2/c20-12(17-15-16-11(8-23-15)9-1-2-9)3-4-13-18-14(19-21-13)10-5-6-22-7-10/h5-9H,1-4H2,(H,16,17,20). The number of anilines is 1. The summed E-state index contributed by atoms with van der Waals surface area (Å²) in [6.45, 7) is 0. The fourth-order valence-corrected chi connectivity index (χ4v) is 3.62. The highest BCUT2D eigenvalue weighted by Gasteiger charge is 2.26. The quantitative estimate of drug-likeness (QED) is 0.736. The zero-order valence-electron chi connectivity index (χ0n) is 12.2. The lowest BCUT2D eigenvalue weighted by Gasteiger charge is -1.99. The van der Waals surface area contributed by atoms with Crippen molar-refractivity contribution in [3.05, 3.63) is 33.8 Å². The first-order valence-corrected chi connectivity index (χ1v) is 9.20. The zero-order valence-corrected chi connectivity index (χ0v) is 13.8. The van der Waals surface area contributed by atoms with E-state index < -0.39 is 0 Å². The molecule has 0 unspecified atom stereocenters. The highest BCUT2D eigenvalue weighted by molar-refractivity contribution is 7.14. The van der Waals surface area contributed by atoms with Crippen molar-refractivity contribution in [1.82, 2.24) is 15.1 Å². The third kappa shape index (κ3) is 3.48. The first-order chi connectivity index (χ1) is 11.3. The van der Waals surface area contributed by atoms with E-state index in [9.17, 15) is 4.79 Å². The minimum Gasteiger partial charge on any atom is -0.339 e. The van der Waals surface area contributed by atoms with Gasteiger partial charge in [0.1, 0.15) is 0 Å². The number of aromatic nitrogens is 3. The predicted octanol–water partition coefficient (Wildman–Crippen LogP) is 3.70. The lowest BCUT2D eigenvalue weighted by atomic mass is 10.3. The molecule has 0 bridgehead atoms. The minimum atomic E-state index is -0.0861. The van der Waals surface area contributed by atoms with E-state index in [1.807, 2.05) is 22.2 Å². The van der Waals surface area contributed by atoms with Gasteiger partial charge in [0.25, 0.3) is 0 Å². The Morgan fingerprint density at radius 2 is 2.26 bits per heavy atom. The van der Waals surface area contributed by atoms with E-state index in [1.165, 1.54) is 24.2 Å². The summed E-state index contributed by atoms with van der Waals surface area (Å²) < 4.78 is 5.18. The number of amides is 1. The molecule has 23 heavy (non-hydrogen) atoms. The van der Waals surface area contributed by atoms with E-state index in [0.29, 0.717) is 35.6 Å². The van der Waals surface area contributed by atoms with Crippen LogP contribution in [0.2, 0.25) is 0 Å². The molecular formula is C15H14N4O2S2. The van der Waals surface area contributed by atoms with Crippen LogP contribution in [0.25, 0.3) is 11.4 Å². The number of hydrogen-bond donors (Lipinski definition) is 1. The van der Waals surface area contributed by atoms with E-state index in [4.69, 9.17) is 4.52 Å². The van der Waals surface area contributed by atoms with Crippen LogP contribution in [0.3, 0.4) is 0 Å². The Balaban J connectivity index is 1.30. The molecule has 0 atom stereocenters. The van der Waals surface area contributed by atoms with Gasteiger partial charge in [-0.15, -0.1) is 11.3 Å². The summed E-state index contributed by atoms with van der Waals surface area (Å²) in [5.41, 5.74) is 2.03. The fourth-order valence-electron chi connectivity index (χ4n) is 2.18. The van der Waals surface area contributed by atoms with Gasteiger partial charge in [0, 0.05) is 35.1 Å². The molecule has 3 aromatic heterocycles. The van der Waals surface area contributed by atoms with Crippen LogP contribution >= 0.6 is 22.7 Å². The lowest BCUT2D eigenvalue weighted by Crippen LogP contribution is -2.12. The smallest absolute Gasteiger partial charge is 0.227 e. The molecule has 6 nitrogen and oxygen atoms in total. The molecule has 4 rings (SSSR count). The van der Waals surface area contributed by atoms with Crippen molar-refractivity contribution in [1.29, 1.82) is 0 Å². The lowest BCUT2D eigenvalue weighted by molar-refractivity contribution is -0.116. The summed E-state index contributed by atoms with van der Waals surface area (Å²) in [7, 11) is 0. The van der Waals surface area contributed by atoms with Crippen molar-refractivity contribution in [2.45, 2.75) is 31.6 Å². The summed E-state index contributed by atoms with van der Waals surface area (Å²) in [4.78, 5) is 20.7. The molecule has 3 aromatic rings. The van der Waals surface area contributed by atoms with Crippen molar-refractivity contribution in [2.24, 2.45) is 0 Å². The van der Waals surface area contributed by atoms with Gasteiger partial charge in [0.15, 0.2) is 5.13 Å². The first-order valence-electron chi connectivity index (χ1n) is 7.38. The minimum absolute atomic E-state index is 0.0861. The van der Waals surface area contributed by atoms with Gasteiger partial charge in [-0.25, -0.2) is 4.98 Å². The van der Waals surface area contributed by atoms with Crippen LogP contribution in [0.4, 0.5) is 5.13 Å². The van der Waals surface area contributed by atoms with Crippen molar-refractivity contribution in [3.8, 4) is 11.4 Å². The molecule has 0 saturated heterocycles. The van der Waals surface area contributed by atoms with Gasteiger partial charge < -0.3 is 9.84 Å². The van der Waals surface area contributed by atoms with E-state index in [0.717, 1.165) is 11.3 Å². The van der Waals surface area contributed by atoms with E-state index in [-0.39, 0.29) is 5.91 Å². The Morgan fingerprint density at radius 1 is 1.35 bits per heavy atom. The highest BCUT2D eigenvalue weighted by Crippen LogP contribution is 2.40. The molecule has 1 aliphatic carbocycles. The first kappa shape index (κ1) is 14.5. The summed E-state index contributed by atoms with van der Waals surface area (Å²) in [5.74, 6) is 1.55. The normalized spacial score (nSPS) is 14.1. The van der Waals surface area contributed by atoms with E-state index >= 15 is 0 Å². The molecule has 118 valence electrons. The molecule has 1 N–H and O–H groups in total. The Labute approximate surface area is 140 Å². The van der Waals surface area contributed by atoms with Crippen molar-refractivity contribution >= 4 is 33.7 Å². The summed E-state index contributed by atoms with van der Waals surface area (Å²) in [5, 5.41) is 13.4. The number of nitrogens with one attached hydrogen (secondary N) is 1. The SMILES string of the molecule is O=C(CCc1nc(-c2ccsc2)no1)Nc1nc(C2CC2)cs1. The van der Waals surface area contributed by atoms with Crippen LogP contribution in [0.1, 0.15) is 36.8 Å². The van der Waals surface area contributed by atoms with E-state index in [2.05, 4.69) is 20.4 Å². The monoisotopic (exact) mass is 346 g/mol. The van der Waals surface area contributed by atoms with Crippen LogP contribution < -0.4 is 5.32 Å².